The van der Waals surface area contributed by atoms with Crippen LogP contribution in [-0.4, -0.2) is 36.9 Å². The number of anilines is 1. The van der Waals surface area contributed by atoms with Crippen molar-refractivity contribution in [1.29, 1.82) is 0 Å². The van der Waals surface area contributed by atoms with Crippen LogP contribution in [0.25, 0.3) is 0 Å². The van der Waals surface area contributed by atoms with Gasteiger partial charge in [-0.15, -0.1) is 0 Å². The topological polar surface area (TPSA) is 58.6 Å². The zero-order chi connectivity index (χ0) is 19.5. The van der Waals surface area contributed by atoms with Crippen LogP contribution in [0.3, 0.4) is 0 Å². The third-order valence-electron chi connectivity index (χ3n) is 5.86. The summed E-state index contributed by atoms with van der Waals surface area (Å²) in [7, 11) is 1.59. The molecule has 1 N–H and O–H groups in total. The van der Waals surface area contributed by atoms with Gasteiger partial charge in [0, 0.05) is 24.6 Å². The molecular formula is C23H26N2O3. The summed E-state index contributed by atoms with van der Waals surface area (Å²) in [6, 6.07) is 13.5. The quantitative estimate of drug-likeness (QED) is 0.883. The van der Waals surface area contributed by atoms with Crippen molar-refractivity contribution < 1.29 is 14.3 Å². The molecule has 1 aliphatic heterocycles. The van der Waals surface area contributed by atoms with Gasteiger partial charge in [-0.05, 0) is 67.5 Å². The number of hydrogen-bond donors (Lipinski definition) is 1. The van der Waals surface area contributed by atoms with Crippen LogP contribution in [0.2, 0.25) is 0 Å². The first-order chi connectivity index (χ1) is 13.7. The average Bonchev–Trinajstić information content (AvgIpc) is 3.21. The molecule has 0 spiro atoms. The first-order valence-corrected chi connectivity index (χ1v) is 10.0. The van der Waals surface area contributed by atoms with E-state index in [1.54, 1.807) is 7.11 Å². The molecular weight excluding hydrogens is 352 g/mol. The van der Waals surface area contributed by atoms with Crippen LogP contribution in [0.5, 0.6) is 5.75 Å². The van der Waals surface area contributed by atoms with Gasteiger partial charge in [-0.3, -0.25) is 9.59 Å². The number of ether oxygens (including phenoxy) is 1. The number of carbonyl (C=O) groups is 2. The first-order valence-electron chi connectivity index (χ1n) is 10.0. The van der Waals surface area contributed by atoms with Crippen molar-refractivity contribution in [2.24, 2.45) is 5.92 Å². The second kappa shape index (κ2) is 8.05. The minimum absolute atomic E-state index is 0.00544. The molecule has 2 aromatic carbocycles. The van der Waals surface area contributed by atoms with Crippen molar-refractivity contribution in [1.82, 2.24) is 4.90 Å². The lowest BCUT2D eigenvalue weighted by atomic mass is 9.95. The van der Waals surface area contributed by atoms with Crippen molar-refractivity contribution >= 4 is 17.5 Å². The summed E-state index contributed by atoms with van der Waals surface area (Å²) in [5.74, 6) is 0.640. The first kappa shape index (κ1) is 18.5. The molecule has 2 aliphatic rings. The van der Waals surface area contributed by atoms with Crippen LogP contribution < -0.4 is 10.1 Å². The fourth-order valence-electron chi connectivity index (χ4n) is 4.21. The van der Waals surface area contributed by atoms with Crippen molar-refractivity contribution in [3.05, 3.63) is 59.2 Å². The highest BCUT2D eigenvalue weighted by Gasteiger charge is 2.28. The monoisotopic (exact) mass is 378 g/mol. The molecule has 5 heteroatoms. The minimum Gasteiger partial charge on any atom is -0.495 e. The van der Waals surface area contributed by atoms with E-state index in [4.69, 9.17) is 4.74 Å². The predicted octanol–water partition coefficient (Wildman–Crippen LogP) is 3.67. The number of amides is 2. The van der Waals surface area contributed by atoms with Crippen LogP contribution in [0.4, 0.5) is 5.69 Å². The number of fused-ring (bicyclic) bond motifs is 1. The van der Waals surface area contributed by atoms with Crippen LogP contribution in [0, 0.1) is 5.92 Å². The number of rotatable bonds is 4. The van der Waals surface area contributed by atoms with E-state index in [1.165, 1.54) is 17.5 Å². The van der Waals surface area contributed by atoms with E-state index in [9.17, 15) is 9.59 Å². The van der Waals surface area contributed by atoms with E-state index < -0.39 is 0 Å². The number of benzene rings is 2. The summed E-state index contributed by atoms with van der Waals surface area (Å²) in [5, 5.41) is 2.97. The van der Waals surface area contributed by atoms with E-state index in [2.05, 4.69) is 17.4 Å². The third-order valence-corrected chi connectivity index (χ3v) is 5.86. The maximum Gasteiger partial charge on any atom is 0.253 e. The Morgan fingerprint density at radius 2 is 1.79 bits per heavy atom. The van der Waals surface area contributed by atoms with Gasteiger partial charge in [-0.1, -0.05) is 18.2 Å². The van der Waals surface area contributed by atoms with E-state index >= 15 is 0 Å². The number of nitrogens with zero attached hydrogens (tertiary/aromatic N) is 1. The summed E-state index contributed by atoms with van der Waals surface area (Å²) in [4.78, 5) is 27.4. The number of piperidine rings is 1. The Morgan fingerprint density at radius 3 is 2.57 bits per heavy atom. The molecule has 1 aliphatic carbocycles. The fraction of sp³-hybridized carbons (Fsp3) is 0.391. The maximum absolute atomic E-state index is 12.9. The highest BCUT2D eigenvalue weighted by Crippen LogP contribution is 2.27. The van der Waals surface area contributed by atoms with Crippen molar-refractivity contribution in [3.63, 3.8) is 0 Å². The molecule has 1 saturated heterocycles. The normalized spacial score (nSPS) is 16.5. The SMILES string of the molecule is COc1ccccc1NC(=O)C1CCN(C(=O)c2ccc3c(c2)CCC3)CC1. The van der Waals surface area contributed by atoms with Crippen molar-refractivity contribution in [3.8, 4) is 5.75 Å². The molecule has 1 fully saturated rings. The summed E-state index contributed by atoms with van der Waals surface area (Å²) in [5.41, 5.74) is 4.16. The van der Waals surface area contributed by atoms with Gasteiger partial charge in [0.15, 0.2) is 0 Å². The summed E-state index contributed by atoms with van der Waals surface area (Å²) in [6.45, 7) is 1.22. The lowest BCUT2D eigenvalue weighted by molar-refractivity contribution is -0.121. The lowest BCUT2D eigenvalue weighted by Gasteiger charge is -2.31. The maximum atomic E-state index is 12.9. The Labute approximate surface area is 165 Å². The molecule has 0 unspecified atom stereocenters. The summed E-state index contributed by atoms with van der Waals surface area (Å²) >= 11 is 0. The molecule has 2 aromatic rings. The fourth-order valence-corrected chi connectivity index (χ4v) is 4.21. The van der Waals surface area contributed by atoms with Crippen LogP contribution in [0.1, 0.15) is 40.7 Å². The van der Waals surface area contributed by atoms with Crippen LogP contribution >= 0.6 is 0 Å². The molecule has 4 rings (SSSR count). The molecule has 28 heavy (non-hydrogen) atoms. The van der Waals surface area contributed by atoms with Gasteiger partial charge in [0.1, 0.15) is 5.75 Å². The molecule has 146 valence electrons. The van der Waals surface area contributed by atoms with Crippen LogP contribution in [0.15, 0.2) is 42.5 Å². The Kier molecular flexibility index (Phi) is 5.33. The van der Waals surface area contributed by atoms with Gasteiger partial charge < -0.3 is 15.0 Å². The molecule has 2 amide bonds. The highest BCUT2D eigenvalue weighted by molar-refractivity contribution is 5.96. The molecule has 0 atom stereocenters. The van der Waals surface area contributed by atoms with Gasteiger partial charge in [0.05, 0.1) is 12.8 Å². The Hall–Kier alpha value is -2.82. The number of para-hydroxylation sites is 2. The number of methoxy groups -OCH3 is 1. The zero-order valence-electron chi connectivity index (χ0n) is 16.2. The molecule has 0 bridgehead atoms. The number of carbonyl (C=O) groups excluding carboxylic acids is 2. The number of hydrogen-bond acceptors (Lipinski definition) is 3. The van der Waals surface area contributed by atoms with Gasteiger partial charge >= 0.3 is 0 Å². The zero-order valence-corrected chi connectivity index (χ0v) is 16.2. The number of nitrogens with one attached hydrogen (secondary N) is 1. The molecule has 0 aromatic heterocycles. The standard InChI is InChI=1S/C23H26N2O3/c1-28-21-8-3-2-7-20(21)24-22(26)17-11-13-25(14-12-17)23(27)19-10-9-16-5-4-6-18(16)15-19/h2-3,7-10,15,17H,4-6,11-14H2,1H3,(H,24,26). The smallest absolute Gasteiger partial charge is 0.253 e. The van der Waals surface area contributed by atoms with Gasteiger partial charge in [-0.2, -0.15) is 0 Å². The summed E-state index contributed by atoms with van der Waals surface area (Å²) in [6.07, 6.45) is 4.73. The molecule has 1 heterocycles. The van der Waals surface area contributed by atoms with Crippen LogP contribution in [-0.2, 0) is 17.6 Å². The average molecular weight is 378 g/mol. The second-order valence-corrected chi connectivity index (χ2v) is 7.59. The highest BCUT2D eigenvalue weighted by atomic mass is 16.5. The predicted molar refractivity (Wildman–Crippen MR) is 109 cm³/mol. The van der Waals surface area contributed by atoms with Gasteiger partial charge in [0.25, 0.3) is 5.91 Å². The van der Waals surface area contributed by atoms with E-state index in [0.717, 1.165) is 18.4 Å². The second-order valence-electron chi connectivity index (χ2n) is 7.59. The Bertz CT molecular complexity index is 885. The third kappa shape index (κ3) is 3.75. The van der Waals surface area contributed by atoms with Gasteiger partial charge in [-0.25, -0.2) is 0 Å². The minimum atomic E-state index is -0.0889. The largest absolute Gasteiger partial charge is 0.495 e. The number of likely N-dealkylation sites (tertiary alicyclic amines) is 1. The Morgan fingerprint density at radius 1 is 1.04 bits per heavy atom. The lowest BCUT2D eigenvalue weighted by Crippen LogP contribution is -2.41. The molecule has 0 saturated carbocycles. The van der Waals surface area contributed by atoms with E-state index in [-0.39, 0.29) is 17.7 Å². The summed E-state index contributed by atoms with van der Waals surface area (Å²) < 4.78 is 5.30. The Balaban J connectivity index is 1.35. The molecule has 0 radical (unpaired) electrons. The van der Waals surface area contributed by atoms with Crippen molar-refractivity contribution in [2.45, 2.75) is 32.1 Å². The van der Waals surface area contributed by atoms with Crippen molar-refractivity contribution in [2.75, 3.05) is 25.5 Å². The van der Waals surface area contributed by atoms with Gasteiger partial charge in [0.2, 0.25) is 5.91 Å². The van der Waals surface area contributed by atoms with E-state index in [1.807, 2.05) is 35.2 Å². The number of aryl methyl sites for hydroxylation is 2. The molecule has 5 nitrogen and oxygen atoms in total. The van der Waals surface area contributed by atoms with E-state index in [0.29, 0.717) is 37.4 Å².